The van der Waals surface area contributed by atoms with Crippen LogP contribution in [-0.2, 0) is 4.74 Å². The highest BCUT2D eigenvalue weighted by atomic mass is 32.1. The molecule has 1 amide bonds. The van der Waals surface area contributed by atoms with E-state index in [1.54, 1.807) is 6.92 Å². The zero-order valence-electron chi connectivity index (χ0n) is 7.88. The Kier molecular flexibility index (Phi) is 3.25. The van der Waals surface area contributed by atoms with Crippen LogP contribution in [0, 0.1) is 13.8 Å². The van der Waals surface area contributed by atoms with Gasteiger partial charge in [0.1, 0.15) is 0 Å². The molecule has 13 heavy (non-hydrogen) atoms. The Hall–Kier alpha value is -1.10. The molecule has 1 N–H and O–H groups in total. The molecule has 0 fully saturated rings. The van der Waals surface area contributed by atoms with Gasteiger partial charge in [-0.25, -0.2) is 9.78 Å². The summed E-state index contributed by atoms with van der Waals surface area (Å²) >= 11 is 1.45. The van der Waals surface area contributed by atoms with Crippen molar-refractivity contribution in [2.75, 3.05) is 11.9 Å². The number of hydrogen-bond donors (Lipinski definition) is 1. The Morgan fingerprint density at radius 3 is 2.77 bits per heavy atom. The monoisotopic (exact) mass is 200 g/mol. The van der Waals surface area contributed by atoms with Gasteiger partial charge in [0.15, 0.2) is 5.13 Å². The molecule has 0 aliphatic carbocycles. The van der Waals surface area contributed by atoms with Crippen LogP contribution in [0.15, 0.2) is 0 Å². The van der Waals surface area contributed by atoms with Gasteiger partial charge >= 0.3 is 6.09 Å². The quantitative estimate of drug-likeness (QED) is 0.797. The van der Waals surface area contributed by atoms with Crippen LogP contribution in [-0.4, -0.2) is 17.7 Å². The van der Waals surface area contributed by atoms with Crippen LogP contribution in [0.1, 0.15) is 17.5 Å². The predicted octanol–water partition coefficient (Wildman–Crippen LogP) is 2.33. The Balaban J connectivity index is 2.59. The SMILES string of the molecule is CCOC(=O)Nc1nc(C)c(C)s1. The Labute approximate surface area is 80.9 Å². The van der Waals surface area contributed by atoms with Gasteiger partial charge in [0.25, 0.3) is 0 Å². The number of aryl methyl sites for hydroxylation is 2. The molecule has 72 valence electrons. The number of hydrogen-bond acceptors (Lipinski definition) is 4. The first-order valence-corrected chi connectivity index (χ1v) is 4.83. The second-order valence-electron chi connectivity index (χ2n) is 2.51. The number of carbonyl (C=O) groups excluding carboxylic acids is 1. The van der Waals surface area contributed by atoms with Crippen LogP contribution in [0.3, 0.4) is 0 Å². The van der Waals surface area contributed by atoms with Crippen molar-refractivity contribution in [3.05, 3.63) is 10.6 Å². The molecule has 0 aliphatic heterocycles. The molecule has 0 saturated heterocycles. The fraction of sp³-hybridized carbons (Fsp3) is 0.500. The van der Waals surface area contributed by atoms with E-state index in [2.05, 4.69) is 10.3 Å². The Bertz CT molecular complexity index is 290. The number of aromatic nitrogens is 1. The summed E-state index contributed by atoms with van der Waals surface area (Å²) in [6.07, 6.45) is -0.448. The van der Waals surface area contributed by atoms with Crippen LogP contribution >= 0.6 is 11.3 Å². The summed E-state index contributed by atoms with van der Waals surface area (Å²) in [5, 5.41) is 3.14. The molecule has 0 spiro atoms. The maximum absolute atomic E-state index is 11.0. The van der Waals surface area contributed by atoms with Gasteiger partial charge in [0.2, 0.25) is 0 Å². The second kappa shape index (κ2) is 4.23. The third-order valence-electron chi connectivity index (χ3n) is 1.51. The van der Waals surface area contributed by atoms with E-state index >= 15 is 0 Å². The lowest BCUT2D eigenvalue weighted by Crippen LogP contribution is -2.12. The molecule has 1 aromatic rings. The first-order valence-electron chi connectivity index (χ1n) is 4.01. The van der Waals surface area contributed by atoms with Gasteiger partial charge in [-0.15, -0.1) is 11.3 Å². The number of nitrogens with one attached hydrogen (secondary N) is 1. The molecular weight excluding hydrogens is 188 g/mol. The molecular formula is C8H12N2O2S. The minimum atomic E-state index is -0.448. The van der Waals surface area contributed by atoms with Gasteiger partial charge in [-0.3, -0.25) is 5.32 Å². The lowest BCUT2D eigenvalue weighted by atomic mass is 10.4. The van der Waals surface area contributed by atoms with Crippen LogP contribution in [0.4, 0.5) is 9.93 Å². The minimum absolute atomic E-state index is 0.370. The van der Waals surface area contributed by atoms with Gasteiger partial charge in [0.05, 0.1) is 12.3 Å². The zero-order valence-corrected chi connectivity index (χ0v) is 8.70. The van der Waals surface area contributed by atoms with Crippen LogP contribution in [0.2, 0.25) is 0 Å². The standard InChI is InChI=1S/C8H12N2O2S/c1-4-12-8(11)10-7-9-5(2)6(3)13-7/h4H2,1-3H3,(H,9,10,11). The van der Waals surface area contributed by atoms with Gasteiger partial charge in [0, 0.05) is 4.88 Å². The van der Waals surface area contributed by atoms with E-state index in [4.69, 9.17) is 4.74 Å². The topological polar surface area (TPSA) is 51.2 Å². The second-order valence-corrected chi connectivity index (χ2v) is 3.71. The van der Waals surface area contributed by atoms with Crippen molar-refractivity contribution in [1.29, 1.82) is 0 Å². The number of nitrogens with zero attached hydrogens (tertiary/aromatic N) is 1. The van der Waals surface area contributed by atoms with Crippen molar-refractivity contribution >= 4 is 22.6 Å². The van der Waals surface area contributed by atoms with E-state index < -0.39 is 6.09 Å². The predicted molar refractivity (Wildman–Crippen MR) is 52.2 cm³/mol. The molecule has 0 unspecified atom stereocenters. The van der Waals surface area contributed by atoms with Crippen molar-refractivity contribution in [2.24, 2.45) is 0 Å². The summed E-state index contributed by atoms with van der Waals surface area (Å²) in [4.78, 5) is 16.2. The molecule has 1 heterocycles. The van der Waals surface area contributed by atoms with Gasteiger partial charge < -0.3 is 4.74 Å². The first kappa shape index (κ1) is 9.98. The molecule has 0 bridgehead atoms. The normalized spacial score (nSPS) is 9.77. The molecule has 0 radical (unpaired) electrons. The molecule has 0 atom stereocenters. The highest BCUT2D eigenvalue weighted by Gasteiger charge is 2.07. The Morgan fingerprint density at radius 1 is 1.62 bits per heavy atom. The Morgan fingerprint density at radius 2 is 2.31 bits per heavy atom. The average molecular weight is 200 g/mol. The van der Waals surface area contributed by atoms with E-state index in [0.29, 0.717) is 11.7 Å². The smallest absolute Gasteiger partial charge is 0.413 e. The van der Waals surface area contributed by atoms with Crippen LogP contribution < -0.4 is 5.32 Å². The van der Waals surface area contributed by atoms with Crippen molar-refractivity contribution in [3.63, 3.8) is 0 Å². The maximum atomic E-state index is 11.0. The van der Waals surface area contributed by atoms with Gasteiger partial charge in [-0.05, 0) is 20.8 Å². The van der Waals surface area contributed by atoms with Crippen molar-refractivity contribution in [2.45, 2.75) is 20.8 Å². The zero-order chi connectivity index (χ0) is 9.84. The summed E-state index contributed by atoms with van der Waals surface area (Å²) in [5.74, 6) is 0. The van der Waals surface area contributed by atoms with Gasteiger partial charge in [-0.1, -0.05) is 0 Å². The van der Waals surface area contributed by atoms with Crippen LogP contribution in [0.25, 0.3) is 0 Å². The van der Waals surface area contributed by atoms with E-state index in [1.807, 2.05) is 13.8 Å². The maximum Gasteiger partial charge on any atom is 0.413 e. The van der Waals surface area contributed by atoms with Crippen LogP contribution in [0.5, 0.6) is 0 Å². The number of carbonyl (C=O) groups is 1. The third kappa shape index (κ3) is 2.69. The van der Waals surface area contributed by atoms with Gasteiger partial charge in [-0.2, -0.15) is 0 Å². The van der Waals surface area contributed by atoms with E-state index in [1.165, 1.54) is 11.3 Å². The molecule has 0 saturated carbocycles. The van der Waals surface area contributed by atoms with E-state index in [0.717, 1.165) is 10.6 Å². The summed E-state index contributed by atoms with van der Waals surface area (Å²) in [6, 6.07) is 0. The van der Waals surface area contributed by atoms with Crippen molar-refractivity contribution in [3.8, 4) is 0 Å². The summed E-state index contributed by atoms with van der Waals surface area (Å²) < 4.78 is 4.71. The lowest BCUT2D eigenvalue weighted by Gasteiger charge is -1.99. The molecule has 0 aliphatic rings. The lowest BCUT2D eigenvalue weighted by molar-refractivity contribution is 0.168. The fourth-order valence-electron chi connectivity index (χ4n) is 0.781. The number of ether oxygens (including phenoxy) is 1. The average Bonchev–Trinajstić information content (AvgIpc) is 2.31. The first-order chi connectivity index (χ1) is 6.13. The largest absolute Gasteiger partial charge is 0.450 e. The molecule has 0 aromatic carbocycles. The van der Waals surface area contributed by atoms with E-state index in [9.17, 15) is 4.79 Å². The molecule has 1 aromatic heterocycles. The molecule has 5 heteroatoms. The van der Waals surface area contributed by atoms with Crippen molar-refractivity contribution in [1.82, 2.24) is 4.98 Å². The number of rotatable bonds is 2. The minimum Gasteiger partial charge on any atom is -0.450 e. The summed E-state index contributed by atoms with van der Waals surface area (Å²) in [6.45, 7) is 6.00. The fourth-order valence-corrected chi connectivity index (χ4v) is 1.58. The van der Waals surface area contributed by atoms with Crippen molar-refractivity contribution < 1.29 is 9.53 Å². The molecule has 1 rings (SSSR count). The number of amides is 1. The number of thiazole rings is 1. The number of anilines is 1. The van der Waals surface area contributed by atoms with E-state index in [-0.39, 0.29) is 0 Å². The highest BCUT2D eigenvalue weighted by Crippen LogP contribution is 2.20. The third-order valence-corrected chi connectivity index (χ3v) is 2.50. The molecule has 4 nitrogen and oxygen atoms in total. The highest BCUT2D eigenvalue weighted by molar-refractivity contribution is 7.15. The summed E-state index contributed by atoms with van der Waals surface area (Å²) in [7, 11) is 0. The summed E-state index contributed by atoms with van der Waals surface area (Å²) in [5.41, 5.74) is 0.941.